The number of aliphatic hydroxyl groups is 4. The predicted molar refractivity (Wildman–Crippen MR) is 114 cm³/mol. The average molecular weight is 455 g/mol. The van der Waals surface area contributed by atoms with E-state index in [4.69, 9.17) is 23.2 Å². The highest BCUT2D eigenvalue weighted by Crippen LogP contribution is 2.19. The molecule has 162 valence electrons. The second-order valence-electron chi connectivity index (χ2n) is 7.33. The van der Waals surface area contributed by atoms with Gasteiger partial charge in [-0.25, -0.2) is 0 Å². The van der Waals surface area contributed by atoms with E-state index in [-0.39, 0.29) is 12.8 Å². The lowest BCUT2D eigenvalue weighted by molar-refractivity contribution is -0.152. The summed E-state index contributed by atoms with van der Waals surface area (Å²) < 4.78 is 0. The number of carbonyl (C=O) groups excluding carboxylic acids is 2. The molecule has 0 amide bonds. The molecule has 2 aromatic carbocycles. The Morgan fingerprint density at radius 3 is 1.37 bits per heavy atom. The number of hydrogen-bond donors (Lipinski definition) is 4. The van der Waals surface area contributed by atoms with Gasteiger partial charge in [0.25, 0.3) is 0 Å². The van der Waals surface area contributed by atoms with Crippen molar-refractivity contribution >= 4 is 34.8 Å². The van der Waals surface area contributed by atoms with E-state index in [1.54, 1.807) is 50.2 Å². The van der Waals surface area contributed by atoms with Crippen LogP contribution < -0.4 is 0 Å². The minimum atomic E-state index is -2.03. The molecule has 30 heavy (non-hydrogen) atoms. The van der Waals surface area contributed by atoms with Crippen LogP contribution in [0.25, 0.3) is 0 Å². The molecular weight excluding hydrogens is 431 g/mol. The van der Waals surface area contributed by atoms with Gasteiger partial charge in [0.2, 0.25) is 11.6 Å². The molecular formula is C22H24Cl2O6. The molecule has 4 N–H and O–H groups in total. The van der Waals surface area contributed by atoms with Crippen LogP contribution in [0.15, 0.2) is 36.4 Å². The monoisotopic (exact) mass is 454 g/mol. The summed E-state index contributed by atoms with van der Waals surface area (Å²) in [5, 5.41) is 41.5. The molecule has 0 radical (unpaired) electrons. The summed E-state index contributed by atoms with van der Waals surface area (Å²) >= 11 is 11.9. The fourth-order valence-electron chi connectivity index (χ4n) is 3.01. The van der Waals surface area contributed by atoms with Gasteiger partial charge in [-0.3, -0.25) is 9.59 Å². The average Bonchev–Trinajstić information content (AvgIpc) is 2.71. The fourth-order valence-corrected chi connectivity index (χ4v) is 3.25. The van der Waals surface area contributed by atoms with Crippen molar-refractivity contribution in [3.05, 3.63) is 68.7 Å². The molecule has 0 fully saturated rings. The quantitative estimate of drug-likeness (QED) is 0.430. The summed E-state index contributed by atoms with van der Waals surface area (Å²) in [7, 11) is 0. The minimum Gasteiger partial charge on any atom is -0.390 e. The Morgan fingerprint density at radius 2 is 1.07 bits per heavy atom. The Balaban J connectivity index is 2.00. The molecule has 0 saturated heterocycles. The van der Waals surface area contributed by atoms with Gasteiger partial charge in [-0.2, -0.15) is 0 Å². The first-order chi connectivity index (χ1) is 14.0. The molecule has 2 rings (SSSR count). The maximum Gasteiger partial charge on any atom is 0.232 e. The van der Waals surface area contributed by atoms with Crippen LogP contribution in [0.1, 0.15) is 22.3 Å². The van der Waals surface area contributed by atoms with Crippen LogP contribution in [0.5, 0.6) is 0 Å². The summed E-state index contributed by atoms with van der Waals surface area (Å²) in [4.78, 5) is 24.4. The number of aliphatic hydroxyl groups excluding tert-OH is 4. The SMILES string of the molecule is Cc1cc(CC(O)[C@H](O)C(=O)C(=O)[C@H](O)C(O)Cc2ccc(Cl)c(C)c2)ccc1Cl. The standard InChI is InChI=1S/C22H24Cl2O6/c1-11-7-13(3-5-15(11)23)9-17(25)19(27)21(29)22(30)20(28)18(26)10-14-4-6-16(24)12(2)8-14/h3-8,17-20,25-28H,9-10H2,1-2H3/t17?,18?,19-,20+. The second kappa shape index (κ2) is 10.5. The number of benzene rings is 2. The number of halogens is 2. The van der Waals surface area contributed by atoms with Crippen LogP contribution in [0.3, 0.4) is 0 Å². The van der Waals surface area contributed by atoms with Crippen LogP contribution in [-0.2, 0) is 22.4 Å². The van der Waals surface area contributed by atoms with E-state index < -0.39 is 36.0 Å². The smallest absolute Gasteiger partial charge is 0.232 e. The van der Waals surface area contributed by atoms with E-state index in [9.17, 15) is 30.0 Å². The largest absolute Gasteiger partial charge is 0.390 e. The molecule has 8 heteroatoms. The Bertz CT molecular complexity index is 854. The van der Waals surface area contributed by atoms with Crippen LogP contribution in [0, 0.1) is 13.8 Å². The topological polar surface area (TPSA) is 115 Å². The van der Waals surface area contributed by atoms with Gasteiger partial charge >= 0.3 is 0 Å². The molecule has 0 spiro atoms. The summed E-state index contributed by atoms with van der Waals surface area (Å²) in [5.74, 6) is -2.74. The van der Waals surface area contributed by atoms with Crippen molar-refractivity contribution in [1.82, 2.24) is 0 Å². The van der Waals surface area contributed by atoms with E-state index in [0.29, 0.717) is 21.2 Å². The van der Waals surface area contributed by atoms with Crippen molar-refractivity contribution in [2.75, 3.05) is 0 Å². The highest BCUT2D eigenvalue weighted by Gasteiger charge is 2.36. The minimum absolute atomic E-state index is 0.0963. The Hall–Kier alpha value is -1.80. The van der Waals surface area contributed by atoms with E-state index in [0.717, 1.165) is 11.1 Å². The maximum absolute atomic E-state index is 12.2. The molecule has 0 saturated carbocycles. The zero-order valence-corrected chi connectivity index (χ0v) is 18.1. The summed E-state index contributed by atoms with van der Waals surface area (Å²) in [6.45, 7) is 3.53. The third kappa shape index (κ3) is 6.11. The van der Waals surface area contributed by atoms with E-state index in [1.165, 1.54) is 0 Å². The number of Topliss-reactive ketones (excluding diaryl/α,β-unsaturated/α-hetero) is 2. The predicted octanol–water partition coefficient (Wildman–Crippen LogP) is 1.98. The molecule has 2 aromatic rings. The summed E-state index contributed by atoms with van der Waals surface area (Å²) in [6.07, 6.45) is -7.39. The number of ketones is 2. The van der Waals surface area contributed by atoms with Crippen molar-refractivity contribution < 1.29 is 30.0 Å². The van der Waals surface area contributed by atoms with Gasteiger partial charge in [0, 0.05) is 22.9 Å². The molecule has 6 nitrogen and oxygen atoms in total. The van der Waals surface area contributed by atoms with Gasteiger partial charge in [-0.1, -0.05) is 47.5 Å². The first kappa shape index (κ1) is 24.5. The molecule has 0 bridgehead atoms. The lowest BCUT2D eigenvalue weighted by Crippen LogP contribution is -2.47. The van der Waals surface area contributed by atoms with Gasteiger partial charge in [0.05, 0.1) is 12.2 Å². The van der Waals surface area contributed by atoms with Crippen molar-refractivity contribution in [2.24, 2.45) is 0 Å². The molecule has 0 aliphatic heterocycles. The third-order valence-electron chi connectivity index (χ3n) is 4.84. The highest BCUT2D eigenvalue weighted by atomic mass is 35.5. The van der Waals surface area contributed by atoms with Gasteiger partial charge in [0.1, 0.15) is 12.2 Å². The van der Waals surface area contributed by atoms with E-state index >= 15 is 0 Å². The van der Waals surface area contributed by atoms with Gasteiger partial charge in [-0.15, -0.1) is 0 Å². The highest BCUT2D eigenvalue weighted by molar-refractivity contribution is 6.40. The summed E-state index contributed by atoms with van der Waals surface area (Å²) in [6, 6.07) is 9.89. The molecule has 0 aliphatic carbocycles. The lowest BCUT2D eigenvalue weighted by Gasteiger charge is -2.20. The second-order valence-corrected chi connectivity index (χ2v) is 8.14. The number of hydrogen-bond acceptors (Lipinski definition) is 6. The zero-order valence-electron chi connectivity index (χ0n) is 16.5. The van der Waals surface area contributed by atoms with E-state index in [1.807, 2.05) is 0 Å². The van der Waals surface area contributed by atoms with Gasteiger partial charge in [-0.05, 0) is 48.2 Å². The zero-order chi connectivity index (χ0) is 22.6. The first-order valence-corrected chi connectivity index (χ1v) is 10.1. The normalized spacial score (nSPS) is 15.3. The lowest BCUT2D eigenvalue weighted by atomic mass is 9.93. The third-order valence-corrected chi connectivity index (χ3v) is 5.69. The molecule has 0 aliphatic rings. The first-order valence-electron chi connectivity index (χ1n) is 9.31. The molecule has 4 atom stereocenters. The Morgan fingerprint density at radius 1 is 0.733 bits per heavy atom. The molecule has 0 aromatic heterocycles. The molecule has 2 unspecified atom stereocenters. The summed E-state index contributed by atoms with van der Waals surface area (Å²) in [5.41, 5.74) is 2.74. The van der Waals surface area contributed by atoms with Crippen LogP contribution in [0.4, 0.5) is 0 Å². The fraction of sp³-hybridized carbons (Fsp3) is 0.364. The van der Waals surface area contributed by atoms with Crippen molar-refractivity contribution in [1.29, 1.82) is 0 Å². The maximum atomic E-state index is 12.2. The van der Waals surface area contributed by atoms with Crippen LogP contribution in [0.2, 0.25) is 10.0 Å². The number of rotatable bonds is 9. The van der Waals surface area contributed by atoms with E-state index in [2.05, 4.69) is 0 Å². The van der Waals surface area contributed by atoms with Crippen molar-refractivity contribution in [2.45, 2.75) is 51.1 Å². The van der Waals surface area contributed by atoms with Crippen molar-refractivity contribution in [3.8, 4) is 0 Å². The number of carbonyl (C=O) groups is 2. The van der Waals surface area contributed by atoms with Gasteiger partial charge < -0.3 is 20.4 Å². The van der Waals surface area contributed by atoms with Crippen LogP contribution >= 0.6 is 23.2 Å². The Kier molecular flexibility index (Phi) is 8.55. The molecule has 0 heterocycles. The van der Waals surface area contributed by atoms with Crippen LogP contribution in [-0.4, -0.2) is 56.4 Å². The number of aryl methyl sites for hydroxylation is 2. The Labute approximate surface area is 184 Å². The van der Waals surface area contributed by atoms with Crippen molar-refractivity contribution in [3.63, 3.8) is 0 Å². The van der Waals surface area contributed by atoms with Gasteiger partial charge in [0.15, 0.2) is 0 Å².